The number of phosphoric ester groups is 1. The number of hydrogen-bond donors (Lipinski definition) is 3. The highest BCUT2D eigenvalue weighted by atomic mass is 31.2. The van der Waals surface area contributed by atoms with Gasteiger partial charge in [0.05, 0.1) is 19.8 Å². The van der Waals surface area contributed by atoms with Crippen molar-refractivity contribution in [2.75, 3.05) is 41.1 Å². The summed E-state index contributed by atoms with van der Waals surface area (Å²) in [5.41, 5.74) is 0. The van der Waals surface area contributed by atoms with Crippen LogP contribution in [0.25, 0.3) is 0 Å². The fourth-order valence-electron chi connectivity index (χ4n) is 0.833. The summed E-state index contributed by atoms with van der Waals surface area (Å²) in [4.78, 5) is 9.25. The number of nitrogens with one attached hydrogen (secondary N) is 1. The van der Waals surface area contributed by atoms with Crippen molar-refractivity contribution < 1.29 is 33.1 Å². The first-order valence-corrected chi connectivity index (χ1v) is 6.43. The smallest absolute Gasteiger partial charge is 0.382 e. The Bertz CT molecular complexity index is 240. The molecule has 0 bridgehead atoms. The standard InChI is InChI=1S/C8H20NO7P/c1-9-8(10)6-16-17(11,12)15-5-7(14-3)4-13-2/h7-10H,4-6H2,1-3H3,(H,11,12). The van der Waals surface area contributed by atoms with Crippen LogP contribution in [0.3, 0.4) is 0 Å². The Labute approximate surface area is 100 Å². The number of aliphatic hydroxyl groups excluding tert-OH is 1. The number of aliphatic hydroxyl groups is 1. The van der Waals surface area contributed by atoms with E-state index >= 15 is 0 Å². The molecule has 0 fully saturated rings. The second kappa shape index (κ2) is 8.96. The third kappa shape index (κ3) is 8.64. The molecule has 0 heterocycles. The molecule has 0 saturated carbocycles. The maximum Gasteiger partial charge on any atom is 0.472 e. The second-order valence-electron chi connectivity index (χ2n) is 3.18. The minimum atomic E-state index is -4.19. The van der Waals surface area contributed by atoms with E-state index in [2.05, 4.69) is 14.4 Å². The predicted octanol–water partition coefficient (Wildman–Crippen LogP) is -0.681. The summed E-state index contributed by atoms with van der Waals surface area (Å²) in [6.07, 6.45) is -1.49. The second-order valence-corrected chi connectivity index (χ2v) is 4.63. The van der Waals surface area contributed by atoms with Gasteiger partial charge in [0.25, 0.3) is 0 Å². The topological polar surface area (TPSA) is 106 Å². The first-order chi connectivity index (χ1) is 7.95. The summed E-state index contributed by atoms with van der Waals surface area (Å²) >= 11 is 0. The van der Waals surface area contributed by atoms with E-state index in [1.807, 2.05) is 0 Å². The van der Waals surface area contributed by atoms with Crippen LogP contribution < -0.4 is 5.32 Å². The molecule has 3 N–H and O–H groups in total. The van der Waals surface area contributed by atoms with Crippen molar-refractivity contribution in [3.63, 3.8) is 0 Å². The SMILES string of the molecule is CNC(O)COP(=O)(O)OCC(COC)OC. The lowest BCUT2D eigenvalue weighted by molar-refractivity contribution is -0.0119. The largest absolute Gasteiger partial charge is 0.472 e. The zero-order chi connectivity index (χ0) is 13.3. The van der Waals surface area contributed by atoms with Crippen LogP contribution >= 0.6 is 7.82 Å². The lowest BCUT2D eigenvalue weighted by Gasteiger charge is -2.18. The first kappa shape index (κ1) is 16.9. The Morgan fingerprint density at radius 1 is 1.24 bits per heavy atom. The molecule has 0 aromatic heterocycles. The zero-order valence-corrected chi connectivity index (χ0v) is 11.1. The molecule has 0 aliphatic heterocycles. The highest BCUT2D eigenvalue weighted by Crippen LogP contribution is 2.43. The average Bonchev–Trinajstić information content (AvgIpc) is 2.31. The van der Waals surface area contributed by atoms with E-state index in [4.69, 9.17) is 14.6 Å². The molecule has 104 valence electrons. The quantitative estimate of drug-likeness (QED) is 0.355. The van der Waals surface area contributed by atoms with Gasteiger partial charge in [0.1, 0.15) is 12.3 Å². The number of rotatable bonds is 10. The summed E-state index contributed by atoms with van der Waals surface area (Å²) in [5, 5.41) is 11.5. The monoisotopic (exact) mass is 273 g/mol. The minimum Gasteiger partial charge on any atom is -0.382 e. The molecule has 0 saturated heterocycles. The molecule has 0 aliphatic rings. The normalized spacial score (nSPS) is 18.6. The van der Waals surface area contributed by atoms with Gasteiger partial charge < -0.3 is 19.5 Å². The Hall–Kier alpha value is -0.0500. The van der Waals surface area contributed by atoms with E-state index in [1.54, 1.807) is 0 Å². The molecule has 0 spiro atoms. The molecular weight excluding hydrogens is 253 g/mol. The highest BCUT2D eigenvalue weighted by Gasteiger charge is 2.24. The Balaban J connectivity index is 3.94. The zero-order valence-electron chi connectivity index (χ0n) is 10.2. The summed E-state index contributed by atoms with van der Waals surface area (Å²) in [6, 6.07) is 0. The van der Waals surface area contributed by atoms with E-state index < -0.39 is 20.2 Å². The van der Waals surface area contributed by atoms with Gasteiger partial charge in [-0.25, -0.2) is 4.57 Å². The number of hydrogen-bond acceptors (Lipinski definition) is 7. The van der Waals surface area contributed by atoms with E-state index in [-0.39, 0.29) is 19.8 Å². The van der Waals surface area contributed by atoms with Crippen LogP contribution in [0.15, 0.2) is 0 Å². The molecule has 0 radical (unpaired) electrons. The Morgan fingerprint density at radius 3 is 2.29 bits per heavy atom. The number of ether oxygens (including phenoxy) is 2. The summed E-state index contributed by atoms with van der Waals surface area (Å²) < 4.78 is 30.3. The first-order valence-electron chi connectivity index (χ1n) is 4.94. The number of methoxy groups -OCH3 is 2. The van der Waals surface area contributed by atoms with Gasteiger partial charge in [-0.3, -0.25) is 14.4 Å². The highest BCUT2D eigenvalue weighted by molar-refractivity contribution is 7.47. The van der Waals surface area contributed by atoms with Crippen molar-refractivity contribution in [1.29, 1.82) is 0 Å². The summed E-state index contributed by atoms with van der Waals surface area (Å²) in [7, 11) is 0.205. The maximum absolute atomic E-state index is 11.3. The average molecular weight is 273 g/mol. The van der Waals surface area contributed by atoms with Gasteiger partial charge in [0.15, 0.2) is 0 Å². The van der Waals surface area contributed by atoms with Crippen molar-refractivity contribution >= 4 is 7.82 Å². The molecule has 0 aromatic rings. The van der Waals surface area contributed by atoms with Crippen molar-refractivity contribution in [2.45, 2.75) is 12.3 Å². The molecule has 3 atom stereocenters. The predicted molar refractivity (Wildman–Crippen MR) is 59.5 cm³/mol. The lowest BCUT2D eigenvalue weighted by atomic mass is 10.4. The fourth-order valence-corrected chi connectivity index (χ4v) is 1.59. The van der Waals surface area contributed by atoms with Crippen LogP contribution in [0.4, 0.5) is 0 Å². The van der Waals surface area contributed by atoms with Gasteiger partial charge in [-0.05, 0) is 7.05 Å². The minimum absolute atomic E-state index is 0.145. The lowest BCUT2D eigenvalue weighted by Crippen LogP contribution is -2.29. The van der Waals surface area contributed by atoms with Gasteiger partial charge in [0.2, 0.25) is 0 Å². The summed E-state index contributed by atoms with van der Waals surface area (Å²) in [6.45, 7) is -0.268. The Kier molecular flexibility index (Phi) is 8.93. The van der Waals surface area contributed by atoms with Crippen LogP contribution in [0, 0.1) is 0 Å². The molecule has 17 heavy (non-hydrogen) atoms. The van der Waals surface area contributed by atoms with E-state index in [0.717, 1.165) is 0 Å². The number of likely N-dealkylation sites (N-methyl/N-ethyl adjacent to an activating group) is 1. The molecule has 0 rings (SSSR count). The summed E-state index contributed by atoms with van der Waals surface area (Å²) in [5.74, 6) is 0. The molecular formula is C8H20NO7P. The molecule has 0 aromatic carbocycles. The van der Waals surface area contributed by atoms with Crippen LogP contribution in [0.5, 0.6) is 0 Å². The van der Waals surface area contributed by atoms with E-state index in [0.29, 0.717) is 0 Å². The van der Waals surface area contributed by atoms with Crippen LogP contribution in [-0.2, 0) is 23.1 Å². The maximum atomic E-state index is 11.3. The van der Waals surface area contributed by atoms with Crippen molar-refractivity contribution in [3.05, 3.63) is 0 Å². The van der Waals surface area contributed by atoms with Gasteiger partial charge in [0, 0.05) is 14.2 Å². The molecule has 9 heteroatoms. The van der Waals surface area contributed by atoms with Crippen molar-refractivity contribution in [3.8, 4) is 0 Å². The van der Waals surface area contributed by atoms with Crippen molar-refractivity contribution in [2.24, 2.45) is 0 Å². The van der Waals surface area contributed by atoms with Gasteiger partial charge in [-0.2, -0.15) is 0 Å². The van der Waals surface area contributed by atoms with Gasteiger partial charge >= 0.3 is 7.82 Å². The van der Waals surface area contributed by atoms with Gasteiger partial charge in [-0.15, -0.1) is 0 Å². The van der Waals surface area contributed by atoms with Crippen molar-refractivity contribution in [1.82, 2.24) is 5.32 Å². The molecule has 8 nitrogen and oxygen atoms in total. The fraction of sp³-hybridized carbons (Fsp3) is 1.00. The molecule has 3 unspecified atom stereocenters. The third-order valence-electron chi connectivity index (χ3n) is 1.84. The third-order valence-corrected chi connectivity index (χ3v) is 2.79. The van der Waals surface area contributed by atoms with E-state index in [9.17, 15) is 9.46 Å². The van der Waals surface area contributed by atoms with E-state index in [1.165, 1.54) is 21.3 Å². The van der Waals surface area contributed by atoms with Crippen LogP contribution in [-0.4, -0.2) is 63.4 Å². The van der Waals surface area contributed by atoms with Crippen LogP contribution in [0.1, 0.15) is 0 Å². The van der Waals surface area contributed by atoms with Crippen LogP contribution in [0.2, 0.25) is 0 Å². The molecule has 0 amide bonds. The van der Waals surface area contributed by atoms with Gasteiger partial charge in [-0.1, -0.05) is 0 Å². The number of phosphoric acid groups is 1. The molecule has 0 aliphatic carbocycles. The Morgan fingerprint density at radius 2 is 1.82 bits per heavy atom.